The predicted molar refractivity (Wildman–Crippen MR) is 97.8 cm³/mol. The molecule has 2 aromatic rings. The number of fused-ring (bicyclic) bond motifs is 3. The Morgan fingerprint density at radius 2 is 1.88 bits per heavy atom. The molecular weight excluding hydrogens is 330 g/mol. The Labute approximate surface area is 151 Å². The van der Waals surface area contributed by atoms with Gasteiger partial charge in [-0.25, -0.2) is 0 Å². The summed E-state index contributed by atoms with van der Waals surface area (Å²) in [5, 5.41) is 2.89. The van der Waals surface area contributed by atoms with Crippen LogP contribution in [-0.2, 0) is 9.59 Å². The van der Waals surface area contributed by atoms with Crippen LogP contribution in [-0.4, -0.2) is 35.3 Å². The predicted octanol–water partition coefficient (Wildman–Crippen LogP) is 2.54. The van der Waals surface area contributed by atoms with E-state index in [2.05, 4.69) is 5.32 Å². The number of para-hydroxylation sites is 1. The standard InChI is InChI=1S/C20H19N3O3/c1-13-6-5-7-14(12-13)21-19(26)20-11-10-17(24)23(20)16-9-4-3-8-15(16)18(25)22(20)2/h3-9,12H,10-11H2,1-2H3,(H,21,26)/t20-/m1/s1. The quantitative estimate of drug-likeness (QED) is 0.906. The number of hydrogen-bond acceptors (Lipinski definition) is 3. The van der Waals surface area contributed by atoms with Crippen LogP contribution in [0.2, 0.25) is 0 Å². The minimum absolute atomic E-state index is 0.156. The Morgan fingerprint density at radius 1 is 1.12 bits per heavy atom. The van der Waals surface area contributed by atoms with E-state index < -0.39 is 5.66 Å². The van der Waals surface area contributed by atoms with Crippen molar-refractivity contribution in [1.82, 2.24) is 4.90 Å². The summed E-state index contributed by atoms with van der Waals surface area (Å²) in [5.41, 5.74) is 1.25. The van der Waals surface area contributed by atoms with E-state index in [4.69, 9.17) is 0 Å². The molecule has 0 saturated carbocycles. The van der Waals surface area contributed by atoms with Gasteiger partial charge in [0.25, 0.3) is 11.8 Å². The molecular formula is C20H19N3O3. The van der Waals surface area contributed by atoms with Crippen molar-refractivity contribution in [2.45, 2.75) is 25.4 Å². The van der Waals surface area contributed by atoms with Crippen molar-refractivity contribution >= 4 is 29.1 Å². The van der Waals surface area contributed by atoms with E-state index >= 15 is 0 Å². The van der Waals surface area contributed by atoms with Crippen LogP contribution in [0.5, 0.6) is 0 Å². The lowest BCUT2D eigenvalue weighted by atomic mass is 9.96. The maximum absolute atomic E-state index is 13.3. The molecule has 2 aliphatic heterocycles. The fraction of sp³-hybridized carbons (Fsp3) is 0.250. The minimum atomic E-state index is -1.34. The Hall–Kier alpha value is -3.15. The van der Waals surface area contributed by atoms with Crippen LogP contribution in [0.25, 0.3) is 0 Å². The van der Waals surface area contributed by atoms with Crippen molar-refractivity contribution in [2.24, 2.45) is 0 Å². The normalized spacial score (nSPS) is 21.5. The van der Waals surface area contributed by atoms with Gasteiger partial charge >= 0.3 is 0 Å². The Bertz CT molecular complexity index is 939. The van der Waals surface area contributed by atoms with Crippen LogP contribution >= 0.6 is 0 Å². The average molecular weight is 349 g/mol. The van der Waals surface area contributed by atoms with Crippen molar-refractivity contribution in [1.29, 1.82) is 0 Å². The molecule has 0 aromatic heterocycles. The van der Waals surface area contributed by atoms with Crippen molar-refractivity contribution in [3.63, 3.8) is 0 Å². The number of amides is 3. The molecule has 1 fully saturated rings. The molecule has 26 heavy (non-hydrogen) atoms. The number of carbonyl (C=O) groups excluding carboxylic acids is 3. The summed E-state index contributed by atoms with van der Waals surface area (Å²) in [6.07, 6.45) is 0.479. The molecule has 1 saturated heterocycles. The van der Waals surface area contributed by atoms with Crippen LogP contribution in [0, 0.1) is 6.92 Å². The molecule has 0 radical (unpaired) electrons. The molecule has 6 heteroatoms. The van der Waals surface area contributed by atoms with Crippen molar-refractivity contribution < 1.29 is 14.4 Å². The smallest absolute Gasteiger partial charge is 0.271 e. The second kappa shape index (κ2) is 5.69. The molecule has 2 aliphatic rings. The summed E-state index contributed by atoms with van der Waals surface area (Å²) < 4.78 is 0. The minimum Gasteiger partial charge on any atom is -0.322 e. The van der Waals surface area contributed by atoms with E-state index in [1.807, 2.05) is 25.1 Å². The van der Waals surface area contributed by atoms with Crippen LogP contribution in [0.1, 0.15) is 28.8 Å². The highest BCUT2D eigenvalue weighted by atomic mass is 16.2. The van der Waals surface area contributed by atoms with Crippen LogP contribution in [0.4, 0.5) is 11.4 Å². The SMILES string of the molecule is Cc1cccc(NC(=O)[C@@]23CCC(=O)N2c2ccccc2C(=O)N3C)c1. The van der Waals surface area contributed by atoms with Crippen molar-refractivity contribution in [2.75, 3.05) is 17.3 Å². The molecule has 6 nitrogen and oxygen atoms in total. The molecule has 132 valence electrons. The number of aryl methyl sites for hydroxylation is 1. The third kappa shape index (κ3) is 2.15. The van der Waals surface area contributed by atoms with E-state index in [1.165, 1.54) is 9.80 Å². The van der Waals surface area contributed by atoms with E-state index in [-0.39, 0.29) is 30.6 Å². The highest BCUT2D eigenvalue weighted by molar-refractivity contribution is 6.18. The molecule has 2 aromatic carbocycles. The summed E-state index contributed by atoms with van der Waals surface area (Å²) in [5.74, 6) is -0.790. The first-order valence-electron chi connectivity index (χ1n) is 8.53. The second-order valence-electron chi connectivity index (χ2n) is 6.75. The van der Waals surface area contributed by atoms with E-state index in [1.54, 1.807) is 37.4 Å². The Balaban J connectivity index is 1.81. The Kier molecular flexibility index (Phi) is 3.57. The zero-order valence-corrected chi connectivity index (χ0v) is 14.7. The first-order valence-corrected chi connectivity index (χ1v) is 8.53. The van der Waals surface area contributed by atoms with Gasteiger partial charge in [-0.3, -0.25) is 19.3 Å². The number of nitrogens with one attached hydrogen (secondary N) is 1. The molecule has 4 rings (SSSR count). The molecule has 0 unspecified atom stereocenters. The third-order valence-corrected chi connectivity index (χ3v) is 5.18. The average Bonchev–Trinajstić information content (AvgIpc) is 2.98. The summed E-state index contributed by atoms with van der Waals surface area (Å²) >= 11 is 0. The fourth-order valence-electron chi connectivity index (χ4n) is 3.88. The second-order valence-corrected chi connectivity index (χ2v) is 6.75. The summed E-state index contributed by atoms with van der Waals surface area (Å²) in [6, 6.07) is 14.4. The molecule has 3 amide bonds. The maximum atomic E-state index is 13.3. The first-order chi connectivity index (χ1) is 12.4. The van der Waals surface area contributed by atoms with Crippen LogP contribution in [0.15, 0.2) is 48.5 Å². The number of hydrogen-bond donors (Lipinski definition) is 1. The maximum Gasteiger partial charge on any atom is 0.271 e. The van der Waals surface area contributed by atoms with Crippen LogP contribution in [0.3, 0.4) is 0 Å². The summed E-state index contributed by atoms with van der Waals surface area (Å²) in [4.78, 5) is 41.7. The molecule has 1 atom stereocenters. The molecule has 1 N–H and O–H groups in total. The van der Waals surface area contributed by atoms with Gasteiger partial charge in [0.1, 0.15) is 0 Å². The third-order valence-electron chi connectivity index (χ3n) is 5.18. The lowest BCUT2D eigenvalue weighted by Crippen LogP contribution is -2.68. The first kappa shape index (κ1) is 16.3. The van der Waals surface area contributed by atoms with Gasteiger partial charge in [0.2, 0.25) is 11.6 Å². The number of carbonyl (C=O) groups is 3. The Morgan fingerprint density at radius 3 is 2.65 bits per heavy atom. The van der Waals surface area contributed by atoms with Gasteiger partial charge in [-0.05, 0) is 36.8 Å². The van der Waals surface area contributed by atoms with Crippen molar-refractivity contribution in [3.8, 4) is 0 Å². The number of rotatable bonds is 2. The van der Waals surface area contributed by atoms with E-state index in [0.717, 1.165) is 5.56 Å². The van der Waals surface area contributed by atoms with Crippen molar-refractivity contribution in [3.05, 3.63) is 59.7 Å². The molecule has 0 aliphatic carbocycles. The zero-order valence-electron chi connectivity index (χ0n) is 14.7. The summed E-state index contributed by atoms with van der Waals surface area (Å²) in [7, 11) is 1.58. The van der Waals surface area contributed by atoms with Gasteiger partial charge in [0, 0.05) is 25.6 Å². The monoisotopic (exact) mass is 349 g/mol. The number of anilines is 2. The van der Waals surface area contributed by atoms with Gasteiger partial charge in [-0.15, -0.1) is 0 Å². The molecule has 0 spiro atoms. The van der Waals surface area contributed by atoms with E-state index in [0.29, 0.717) is 16.9 Å². The molecule has 2 heterocycles. The largest absolute Gasteiger partial charge is 0.322 e. The van der Waals surface area contributed by atoms with Gasteiger partial charge in [0.05, 0.1) is 11.3 Å². The number of nitrogens with zero attached hydrogens (tertiary/aromatic N) is 2. The zero-order chi connectivity index (χ0) is 18.5. The van der Waals surface area contributed by atoms with Crippen LogP contribution < -0.4 is 10.2 Å². The number of likely N-dealkylation sites (N-methyl/N-ethyl adjacent to an activating group) is 1. The van der Waals surface area contributed by atoms with Gasteiger partial charge in [-0.1, -0.05) is 24.3 Å². The number of benzene rings is 2. The summed E-state index contributed by atoms with van der Waals surface area (Å²) in [6.45, 7) is 1.94. The lowest BCUT2D eigenvalue weighted by Gasteiger charge is -2.47. The molecule has 0 bridgehead atoms. The highest BCUT2D eigenvalue weighted by Crippen LogP contribution is 2.44. The van der Waals surface area contributed by atoms with Gasteiger partial charge in [0.15, 0.2) is 0 Å². The lowest BCUT2D eigenvalue weighted by molar-refractivity contribution is -0.128. The van der Waals surface area contributed by atoms with Gasteiger partial charge in [-0.2, -0.15) is 0 Å². The fourth-order valence-corrected chi connectivity index (χ4v) is 3.88. The van der Waals surface area contributed by atoms with E-state index in [9.17, 15) is 14.4 Å². The highest BCUT2D eigenvalue weighted by Gasteiger charge is 2.59. The topological polar surface area (TPSA) is 69.7 Å². The van der Waals surface area contributed by atoms with Gasteiger partial charge < -0.3 is 10.2 Å².